The number of fused-ring (bicyclic) bond motifs is 1. The van der Waals surface area contributed by atoms with Crippen molar-refractivity contribution in [1.29, 1.82) is 10.5 Å². The molecule has 0 bridgehead atoms. The molecule has 32 heavy (non-hydrogen) atoms. The zero-order chi connectivity index (χ0) is 22.5. The average molecular weight is 446 g/mol. The molecule has 0 amide bonds. The Morgan fingerprint density at radius 3 is 2.53 bits per heavy atom. The molecule has 0 saturated heterocycles. The molecule has 0 spiro atoms. The SMILES string of the molecule is C[C@H](NS(=O)(=O)c1ccc(-c2c(C#N)c3ccc(C#N)cc3n2CC2CC2)nc1)C1CC1. The van der Waals surface area contributed by atoms with E-state index >= 15 is 0 Å². The molecule has 2 heterocycles. The number of sulfonamides is 1. The summed E-state index contributed by atoms with van der Waals surface area (Å²) in [7, 11) is -3.65. The fraction of sp³-hybridized carbons (Fsp3) is 0.375. The van der Waals surface area contributed by atoms with Crippen LogP contribution in [-0.4, -0.2) is 24.0 Å². The van der Waals surface area contributed by atoms with E-state index in [9.17, 15) is 18.9 Å². The molecule has 2 aliphatic carbocycles. The number of nitriles is 2. The standard InChI is InChI=1S/C24H23N5O2S/c1-15(18-5-6-18)28-32(30,31)19-7-9-22(27-13-19)24-21(12-26)20-8-4-17(11-25)10-23(20)29(24)14-16-2-3-16/h4,7-10,13,15-16,18,28H,2-3,5-6,14H2,1H3/t15-/m0/s1. The smallest absolute Gasteiger partial charge is 0.242 e. The minimum atomic E-state index is -3.65. The molecule has 2 aliphatic rings. The van der Waals surface area contributed by atoms with E-state index in [1.165, 1.54) is 6.20 Å². The number of aromatic nitrogens is 2. The molecule has 1 N–H and O–H groups in total. The summed E-state index contributed by atoms with van der Waals surface area (Å²) < 4.78 is 30.3. The number of benzene rings is 1. The molecule has 5 rings (SSSR count). The normalized spacial score (nSPS) is 17.1. The highest BCUT2D eigenvalue weighted by Gasteiger charge is 2.31. The average Bonchev–Trinajstić information content (AvgIpc) is 3.70. The Hall–Kier alpha value is -3.20. The highest BCUT2D eigenvalue weighted by atomic mass is 32.2. The van der Waals surface area contributed by atoms with Crippen molar-refractivity contribution in [3.05, 3.63) is 47.7 Å². The molecule has 0 unspecified atom stereocenters. The zero-order valence-electron chi connectivity index (χ0n) is 17.7. The van der Waals surface area contributed by atoms with Gasteiger partial charge in [-0.1, -0.05) is 6.07 Å². The van der Waals surface area contributed by atoms with Crippen molar-refractivity contribution in [2.75, 3.05) is 0 Å². The van der Waals surface area contributed by atoms with Crippen LogP contribution in [0.5, 0.6) is 0 Å². The van der Waals surface area contributed by atoms with Crippen LogP contribution in [-0.2, 0) is 16.6 Å². The summed E-state index contributed by atoms with van der Waals surface area (Å²) in [6, 6.07) is 12.9. The van der Waals surface area contributed by atoms with Gasteiger partial charge in [0.05, 0.1) is 34.1 Å². The summed E-state index contributed by atoms with van der Waals surface area (Å²) in [5, 5.41) is 20.1. The first-order chi connectivity index (χ1) is 15.4. The first-order valence-electron chi connectivity index (χ1n) is 10.9. The minimum Gasteiger partial charge on any atom is -0.338 e. The Labute approximate surface area is 187 Å². The van der Waals surface area contributed by atoms with E-state index in [4.69, 9.17) is 0 Å². The van der Waals surface area contributed by atoms with Gasteiger partial charge >= 0.3 is 0 Å². The first kappa shape index (κ1) is 20.7. The number of hydrogen-bond donors (Lipinski definition) is 1. The second-order valence-electron chi connectivity index (χ2n) is 8.86. The first-order valence-corrected chi connectivity index (χ1v) is 12.3. The van der Waals surface area contributed by atoms with Gasteiger partial charge in [0.2, 0.25) is 10.0 Å². The molecule has 162 valence electrons. The number of pyridine rings is 1. The Balaban J connectivity index is 1.58. The third-order valence-electron chi connectivity index (χ3n) is 6.40. The van der Waals surface area contributed by atoms with Crippen molar-refractivity contribution in [3.8, 4) is 23.5 Å². The van der Waals surface area contributed by atoms with Crippen molar-refractivity contribution < 1.29 is 8.42 Å². The summed E-state index contributed by atoms with van der Waals surface area (Å²) in [4.78, 5) is 4.58. The molecule has 1 aromatic carbocycles. The summed E-state index contributed by atoms with van der Waals surface area (Å²) >= 11 is 0. The third kappa shape index (κ3) is 3.77. The van der Waals surface area contributed by atoms with Crippen LogP contribution >= 0.6 is 0 Å². The van der Waals surface area contributed by atoms with E-state index in [2.05, 4.69) is 26.4 Å². The molecule has 1 atom stereocenters. The van der Waals surface area contributed by atoms with Gasteiger partial charge in [0.1, 0.15) is 11.0 Å². The summed E-state index contributed by atoms with van der Waals surface area (Å²) in [6.07, 6.45) is 5.73. The van der Waals surface area contributed by atoms with Crippen molar-refractivity contribution in [2.24, 2.45) is 11.8 Å². The fourth-order valence-corrected chi connectivity index (χ4v) is 5.49. The largest absolute Gasteiger partial charge is 0.338 e. The predicted octanol–water partition coefficient (Wildman–Crippen LogP) is 3.93. The predicted molar refractivity (Wildman–Crippen MR) is 120 cm³/mol. The molecule has 2 saturated carbocycles. The van der Waals surface area contributed by atoms with E-state index in [0.717, 1.165) is 43.1 Å². The summed E-state index contributed by atoms with van der Waals surface area (Å²) in [5.41, 5.74) is 3.09. The van der Waals surface area contributed by atoms with E-state index < -0.39 is 10.0 Å². The van der Waals surface area contributed by atoms with Crippen LogP contribution in [0.1, 0.15) is 43.7 Å². The molecule has 2 aromatic heterocycles. The minimum absolute atomic E-state index is 0.0970. The molecule has 3 aromatic rings. The van der Waals surface area contributed by atoms with Gasteiger partial charge in [-0.25, -0.2) is 13.1 Å². The van der Waals surface area contributed by atoms with E-state index in [0.29, 0.717) is 34.4 Å². The molecule has 2 fully saturated rings. The zero-order valence-corrected chi connectivity index (χ0v) is 18.6. The second kappa shape index (κ2) is 7.74. The molecule has 0 radical (unpaired) electrons. The van der Waals surface area contributed by atoms with Crippen LogP contribution in [0.3, 0.4) is 0 Å². The van der Waals surface area contributed by atoms with Crippen molar-refractivity contribution in [2.45, 2.75) is 50.1 Å². The number of nitrogens with zero attached hydrogens (tertiary/aromatic N) is 4. The maximum absolute atomic E-state index is 12.7. The lowest BCUT2D eigenvalue weighted by atomic mass is 10.1. The van der Waals surface area contributed by atoms with Crippen molar-refractivity contribution >= 4 is 20.9 Å². The number of nitrogens with one attached hydrogen (secondary N) is 1. The topological polar surface area (TPSA) is 112 Å². The van der Waals surface area contributed by atoms with Crippen LogP contribution in [0.25, 0.3) is 22.3 Å². The van der Waals surface area contributed by atoms with Gasteiger partial charge in [-0.15, -0.1) is 0 Å². The maximum Gasteiger partial charge on any atom is 0.242 e. The van der Waals surface area contributed by atoms with Crippen LogP contribution in [0.15, 0.2) is 41.4 Å². The molecular weight excluding hydrogens is 422 g/mol. The monoisotopic (exact) mass is 445 g/mol. The number of hydrogen-bond acceptors (Lipinski definition) is 5. The van der Waals surface area contributed by atoms with Crippen molar-refractivity contribution in [1.82, 2.24) is 14.3 Å². The van der Waals surface area contributed by atoms with Crippen LogP contribution in [0.4, 0.5) is 0 Å². The van der Waals surface area contributed by atoms with Crippen LogP contribution in [0.2, 0.25) is 0 Å². The van der Waals surface area contributed by atoms with Gasteiger partial charge in [0.25, 0.3) is 0 Å². The van der Waals surface area contributed by atoms with Gasteiger partial charge < -0.3 is 4.57 Å². The quantitative estimate of drug-likeness (QED) is 0.592. The third-order valence-corrected chi connectivity index (χ3v) is 7.95. The van der Waals surface area contributed by atoms with Crippen LogP contribution < -0.4 is 4.72 Å². The second-order valence-corrected chi connectivity index (χ2v) is 10.6. The maximum atomic E-state index is 12.7. The van der Waals surface area contributed by atoms with Gasteiger partial charge in [-0.3, -0.25) is 4.98 Å². The highest BCUT2D eigenvalue weighted by molar-refractivity contribution is 7.89. The molecule has 7 nitrogen and oxygen atoms in total. The van der Waals surface area contributed by atoms with Crippen LogP contribution in [0, 0.1) is 34.5 Å². The Bertz CT molecular complexity index is 1390. The van der Waals surface area contributed by atoms with E-state index in [-0.39, 0.29) is 10.9 Å². The van der Waals surface area contributed by atoms with Gasteiger partial charge in [-0.2, -0.15) is 10.5 Å². The lowest BCUT2D eigenvalue weighted by Gasteiger charge is -2.14. The lowest BCUT2D eigenvalue weighted by Crippen LogP contribution is -2.34. The van der Waals surface area contributed by atoms with Crippen molar-refractivity contribution in [3.63, 3.8) is 0 Å². The molecular formula is C24H23N5O2S. The Kier molecular flexibility index (Phi) is 5.00. The van der Waals surface area contributed by atoms with E-state index in [1.54, 1.807) is 24.3 Å². The highest BCUT2D eigenvalue weighted by Crippen LogP contribution is 2.38. The Morgan fingerprint density at radius 1 is 1.16 bits per heavy atom. The van der Waals surface area contributed by atoms with E-state index in [1.807, 2.05) is 13.0 Å². The fourth-order valence-electron chi connectivity index (χ4n) is 4.23. The van der Waals surface area contributed by atoms with Gasteiger partial charge in [0.15, 0.2) is 0 Å². The summed E-state index contributed by atoms with van der Waals surface area (Å²) in [6.45, 7) is 2.63. The lowest BCUT2D eigenvalue weighted by molar-refractivity contribution is 0.538. The Morgan fingerprint density at radius 2 is 1.94 bits per heavy atom. The molecule has 0 aliphatic heterocycles. The van der Waals surface area contributed by atoms with Gasteiger partial charge in [-0.05, 0) is 68.7 Å². The summed E-state index contributed by atoms with van der Waals surface area (Å²) in [5.74, 6) is 0.945. The number of rotatable bonds is 7. The van der Waals surface area contributed by atoms with Gasteiger partial charge in [0, 0.05) is 24.2 Å². The molecule has 8 heteroatoms.